The molecule has 0 spiro atoms. The highest BCUT2D eigenvalue weighted by atomic mass is 16.5. The van der Waals surface area contributed by atoms with Crippen molar-refractivity contribution in [2.75, 3.05) is 24.3 Å². The molecule has 0 atom stereocenters. The zero-order chi connectivity index (χ0) is 13.2. The number of nitrogen functional groups attached to an aromatic ring is 1. The van der Waals surface area contributed by atoms with Gasteiger partial charge >= 0.3 is 0 Å². The zero-order valence-corrected chi connectivity index (χ0v) is 11.4. The van der Waals surface area contributed by atoms with Crippen LogP contribution in [-0.2, 0) is 4.74 Å². The summed E-state index contributed by atoms with van der Waals surface area (Å²) in [6.07, 6.45) is 1.96. The molecule has 100 valence electrons. The first-order valence-corrected chi connectivity index (χ1v) is 6.49. The average Bonchev–Trinajstić information content (AvgIpc) is 2.28. The Morgan fingerprint density at radius 2 is 2.00 bits per heavy atom. The highest BCUT2D eigenvalue weighted by Gasteiger charge is 2.27. The van der Waals surface area contributed by atoms with Crippen LogP contribution in [0.25, 0.3) is 0 Å². The molecule has 2 rings (SSSR count). The maximum absolute atomic E-state index is 5.83. The van der Waals surface area contributed by atoms with E-state index in [1.54, 1.807) is 6.07 Å². The van der Waals surface area contributed by atoms with Gasteiger partial charge in [-0.1, -0.05) is 13.8 Å². The molecule has 0 bridgehead atoms. The largest absolute Gasteiger partial charge is 0.384 e. The van der Waals surface area contributed by atoms with Gasteiger partial charge in [0.25, 0.3) is 0 Å². The predicted octanol–water partition coefficient (Wildman–Crippen LogP) is 2.16. The van der Waals surface area contributed by atoms with E-state index in [0.29, 0.717) is 5.82 Å². The van der Waals surface area contributed by atoms with Gasteiger partial charge in [0.2, 0.25) is 0 Å². The van der Waals surface area contributed by atoms with Crippen molar-refractivity contribution < 1.29 is 4.74 Å². The Hall–Kier alpha value is -1.36. The quantitative estimate of drug-likeness (QED) is 0.860. The predicted molar refractivity (Wildman–Crippen MR) is 72.6 cm³/mol. The molecular weight excluding hydrogens is 228 g/mol. The first-order chi connectivity index (χ1) is 8.48. The lowest BCUT2D eigenvalue weighted by Crippen LogP contribution is -2.41. The molecule has 1 saturated heterocycles. The van der Waals surface area contributed by atoms with Crippen LogP contribution in [0.1, 0.15) is 45.4 Å². The SMILES string of the molecule is CC(C)c1nc(N)cc(NC2(C)CCOCC2)n1. The fourth-order valence-electron chi connectivity index (χ4n) is 2.06. The van der Waals surface area contributed by atoms with Gasteiger partial charge in [-0.25, -0.2) is 9.97 Å². The number of nitrogens with two attached hydrogens (primary N) is 1. The second-order valence-electron chi connectivity index (χ2n) is 5.49. The smallest absolute Gasteiger partial charge is 0.135 e. The molecule has 0 aliphatic carbocycles. The van der Waals surface area contributed by atoms with E-state index in [2.05, 4.69) is 36.1 Å². The lowest BCUT2D eigenvalue weighted by atomic mass is 9.92. The van der Waals surface area contributed by atoms with Crippen LogP contribution in [-0.4, -0.2) is 28.7 Å². The first-order valence-electron chi connectivity index (χ1n) is 6.49. The van der Waals surface area contributed by atoms with E-state index in [9.17, 15) is 0 Å². The minimum Gasteiger partial charge on any atom is -0.384 e. The normalized spacial score (nSPS) is 18.9. The van der Waals surface area contributed by atoms with Crippen molar-refractivity contribution in [3.05, 3.63) is 11.9 Å². The fourth-order valence-corrected chi connectivity index (χ4v) is 2.06. The summed E-state index contributed by atoms with van der Waals surface area (Å²) in [5.74, 6) is 2.40. The van der Waals surface area contributed by atoms with Crippen LogP contribution in [0.15, 0.2) is 6.07 Å². The number of rotatable bonds is 3. The number of nitrogens with one attached hydrogen (secondary N) is 1. The molecule has 5 heteroatoms. The molecule has 5 nitrogen and oxygen atoms in total. The number of nitrogens with zero attached hydrogens (tertiary/aromatic N) is 2. The number of ether oxygens (including phenoxy) is 1. The van der Waals surface area contributed by atoms with Crippen molar-refractivity contribution in [3.8, 4) is 0 Å². The van der Waals surface area contributed by atoms with Gasteiger partial charge in [0.05, 0.1) is 0 Å². The summed E-state index contributed by atoms with van der Waals surface area (Å²) < 4.78 is 5.39. The second kappa shape index (κ2) is 5.10. The van der Waals surface area contributed by atoms with E-state index in [4.69, 9.17) is 10.5 Å². The summed E-state index contributed by atoms with van der Waals surface area (Å²) in [6, 6.07) is 1.80. The Bertz CT molecular complexity index is 413. The number of anilines is 2. The van der Waals surface area contributed by atoms with Gasteiger partial charge in [-0.05, 0) is 19.8 Å². The van der Waals surface area contributed by atoms with E-state index in [1.807, 2.05) is 0 Å². The molecule has 3 N–H and O–H groups in total. The Labute approximate surface area is 108 Å². The van der Waals surface area contributed by atoms with Crippen molar-refractivity contribution in [1.82, 2.24) is 9.97 Å². The van der Waals surface area contributed by atoms with E-state index < -0.39 is 0 Å². The van der Waals surface area contributed by atoms with Gasteiger partial charge < -0.3 is 15.8 Å². The molecular formula is C13H22N4O. The maximum atomic E-state index is 5.83. The van der Waals surface area contributed by atoms with Crippen LogP contribution in [0.4, 0.5) is 11.6 Å². The molecule has 1 aromatic rings. The van der Waals surface area contributed by atoms with Gasteiger partial charge in [-0.3, -0.25) is 0 Å². The monoisotopic (exact) mass is 250 g/mol. The Balaban J connectivity index is 2.17. The topological polar surface area (TPSA) is 73.1 Å². The van der Waals surface area contributed by atoms with Crippen LogP contribution in [0, 0.1) is 0 Å². The summed E-state index contributed by atoms with van der Waals surface area (Å²) in [7, 11) is 0. The Kier molecular flexibility index (Phi) is 3.71. The summed E-state index contributed by atoms with van der Waals surface area (Å²) in [6.45, 7) is 7.91. The summed E-state index contributed by atoms with van der Waals surface area (Å²) in [4.78, 5) is 8.78. The summed E-state index contributed by atoms with van der Waals surface area (Å²) in [5, 5.41) is 3.48. The third-order valence-corrected chi connectivity index (χ3v) is 3.31. The van der Waals surface area contributed by atoms with E-state index >= 15 is 0 Å². The van der Waals surface area contributed by atoms with Crippen LogP contribution in [0.2, 0.25) is 0 Å². The van der Waals surface area contributed by atoms with E-state index in [1.165, 1.54) is 0 Å². The first kappa shape index (κ1) is 13.1. The van der Waals surface area contributed by atoms with Gasteiger partial charge in [0.15, 0.2) is 0 Å². The zero-order valence-electron chi connectivity index (χ0n) is 11.4. The highest BCUT2D eigenvalue weighted by Crippen LogP contribution is 2.25. The molecule has 1 aliphatic heterocycles. The second-order valence-corrected chi connectivity index (χ2v) is 5.49. The van der Waals surface area contributed by atoms with Crippen LogP contribution in [0.3, 0.4) is 0 Å². The summed E-state index contributed by atoms with van der Waals surface area (Å²) in [5.41, 5.74) is 5.86. The minimum atomic E-state index is 0.0350. The van der Waals surface area contributed by atoms with Gasteiger partial charge in [-0.2, -0.15) is 0 Å². The minimum absolute atomic E-state index is 0.0350. The third-order valence-electron chi connectivity index (χ3n) is 3.31. The molecule has 18 heavy (non-hydrogen) atoms. The molecule has 0 saturated carbocycles. The van der Waals surface area contributed by atoms with Crippen LogP contribution >= 0.6 is 0 Å². The molecule has 1 aliphatic rings. The molecule has 1 fully saturated rings. The standard InChI is InChI=1S/C13H22N4O/c1-9(2)12-15-10(14)8-11(16-12)17-13(3)4-6-18-7-5-13/h8-9H,4-7H2,1-3H3,(H3,14,15,16,17). The highest BCUT2D eigenvalue weighted by molar-refractivity contribution is 5.46. The number of hydrogen-bond donors (Lipinski definition) is 2. The van der Waals surface area contributed by atoms with Crippen molar-refractivity contribution in [3.63, 3.8) is 0 Å². The van der Waals surface area contributed by atoms with Crippen LogP contribution in [0.5, 0.6) is 0 Å². The number of hydrogen-bond acceptors (Lipinski definition) is 5. The Morgan fingerprint density at radius 1 is 1.33 bits per heavy atom. The summed E-state index contributed by atoms with van der Waals surface area (Å²) >= 11 is 0. The molecule has 0 unspecified atom stereocenters. The van der Waals surface area contributed by atoms with Gasteiger partial charge in [0, 0.05) is 30.7 Å². The Morgan fingerprint density at radius 3 is 2.61 bits per heavy atom. The van der Waals surface area contributed by atoms with E-state index in [-0.39, 0.29) is 11.5 Å². The van der Waals surface area contributed by atoms with Gasteiger partial charge in [0.1, 0.15) is 17.5 Å². The third kappa shape index (κ3) is 3.10. The maximum Gasteiger partial charge on any atom is 0.135 e. The average molecular weight is 250 g/mol. The number of aromatic nitrogens is 2. The molecule has 2 heterocycles. The van der Waals surface area contributed by atoms with Gasteiger partial charge in [-0.15, -0.1) is 0 Å². The fraction of sp³-hybridized carbons (Fsp3) is 0.692. The molecule has 0 amide bonds. The van der Waals surface area contributed by atoms with E-state index in [0.717, 1.165) is 37.7 Å². The van der Waals surface area contributed by atoms with Crippen LogP contribution < -0.4 is 11.1 Å². The van der Waals surface area contributed by atoms with Crippen molar-refractivity contribution in [1.29, 1.82) is 0 Å². The van der Waals surface area contributed by atoms with Crippen molar-refractivity contribution in [2.24, 2.45) is 0 Å². The molecule has 0 aromatic carbocycles. The van der Waals surface area contributed by atoms with Crippen molar-refractivity contribution >= 4 is 11.6 Å². The lowest BCUT2D eigenvalue weighted by molar-refractivity contribution is 0.0657. The molecule has 0 radical (unpaired) electrons. The van der Waals surface area contributed by atoms with Crippen molar-refractivity contribution in [2.45, 2.75) is 45.1 Å². The lowest BCUT2D eigenvalue weighted by Gasteiger charge is -2.35. The molecule has 1 aromatic heterocycles.